The van der Waals surface area contributed by atoms with Crippen molar-refractivity contribution in [1.29, 1.82) is 0 Å². The molecule has 0 amide bonds. The maximum absolute atomic E-state index is 5.51. The predicted octanol–water partition coefficient (Wildman–Crippen LogP) is 3.66. The van der Waals surface area contributed by atoms with Gasteiger partial charge in [-0.2, -0.15) is 0 Å². The first-order chi connectivity index (χ1) is 11.7. The molecule has 2 aromatic rings. The molecule has 0 spiro atoms. The number of benzene rings is 2. The predicted molar refractivity (Wildman–Crippen MR) is 99.7 cm³/mol. The van der Waals surface area contributed by atoms with Gasteiger partial charge < -0.3 is 20.1 Å². The average Bonchev–Trinajstić information content (AvgIpc) is 3.09. The largest absolute Gasteiger partial charge is 0.496 e. The van der Waals surface area contributed by atoms with Crippen molar-refractivity contribution in [3.05, 3.63) is 58.1 Å². The standard InChI is InChI=1S/C19H23BrN2O2/c1-23-16-8-9-17(24-2)18(20)14(16)12-22-15-10-11-21-19(15)13-6-4-3-5-7-13/h3-9,15,19,21-22H,10-12H2,1-2H3/t15-,19-/m1/s1. The summed E-state index contributed by atoms with van der Waals surface area (Å²) in [6.07, 6.45) is 1.10. The van der Waals surface area contributed by atoms with Gasteiger partial charge in [-0.05, 0) is 46.6 Å². The zero-order valence-corrected chi connectivity index (χ0v) is 15.6. The summed E-state index contributed by atoms with van der Waals surface area (Å²) < 4.78 is 11.9. The first kappa shape index (κ1) is 17.3. The Morgan fingerprint density at radius 2 is 1.79 bits per heavy atom. The molecule has 2 atom stereocenters. The molecule has 24 heavy (non-hydrogen) atoms. The first-order valence-corrected chi connectivity index (χ1v) is 8.95. The summed E-state index contributed by atoms with van der Waals surface area (Å²) in [6, 6.07) is 15.2. The second kappa shape index (κ2) is 8.01. The number of methoxy groups -OCH3 is 2. The zero-order valence-electron chi connectivity index (χ0n) is 14.0. The van der Waals surface area contributed by atoms with Crippen molar-refractivity contribution in [2.24, 2.45) is 0 Å². The van der Waals surface area contributed by atoms with E-state index in [1.165, 1.54) is 5.56 Å². The minimum atomic E-state index is 0.335. The van der Waals surface area contributed by atoms with Crippen LogP contribution >= 0.6 is 15.9 Å². The zero-order chi connectivity index (χ0) is 16.9. The van der Waals surface area contributed by atoms with Crippen LogP contribution in [0.4, 0.5) is 0 Å². The quantitative estimate of drug-likeness (QED) is 0.789. The van der Waals surface area contributed by atoms with Crippen LogP contribution < -0.4 is 20.1 Å². The number of nitrogens with one attached hydrogen (secondary N) is 2. The third-order valence-electron chi connectivity index (χ3n) is 4.53. The first-order valence-electron chi connectivity index (χ1n) is 8.15. The molecule has 1 aliphatic rings. The molecule has 5 heteroatoms. The van der Waals surface area contributed by atoms with Crippen LogP contribution in [0.15, 0.2) is 46.9 Å². The molecular weight excluding hydrogens is 368 g/mol. The van der Waals surface area contributed by atoms with Gasteiger partial charge in [0.25, 0.3) is 0 Å². The maximum atomic E-state index is 5.51. The van der Waals surface area contributed by atoms with Gasteiger partial charge in [-0.1, -0.05) is 30.3 Å². The Morgan fingerprint density at radius 3 is 2.50 bits per heavy atom. The molecule has 0 aliphatic carbocycles. The number of halogens is 1. The van der Waals surface area contributed by atoms with Crippen molar-refractivity contribution in [3.8, 4) is 11.5 Å². The van der Waals surface area contributed by atoms with Crippen LogP contribution in [-0.2, 0) is 6.54 Å². The lowest BCUT2D eigenvalue weighted by atomic mass is 10.0. The molecule has 0 bridgehead atoms. The van der Waals surface area contributed by atoms with Crippen LogP contribution in [0, 0.1) is 0 Å². The van der Waals surface area contributed by atoms with Crippen molar-refractivity contribution < 1.29 is 9.47 Å². The highest BCUT2D eigenvalue weighted by Crippen LogP contribution is 2.35. The van der Waals surface area contributed by atoms with Crippen LogP contribution in [0.25, 0.3) is 0 Å². The minimum absolute atomic E-state index is 0.335. The maximum Gasteiger partial charge on any atom is 0.133 e. The second-order valence-electron chi connectivity index (χ2n) is 5.88. The molecule has 3 rings (SSSR count). The van der Waals surface area contributed by atoms with E-state index in [1.807, 2.05) is 12.1 Å². The lowest BCUT2D eigenvalue weighted by Gasteiger charge is -2.22. The molecule has 4 nitrogen and oxygen atoms in total. The Labute approximate surface area is 151 Å². The average molecular weight is 391 g/mol. The molecule has 1 heterocycles. The van der Waals surface area contributed by atoms with Gasteiger partial charge in [0.15, 0.2) is 0 Å². The van der Waals surface area contributed by atoms with Crippen LogP contribution in [-0.4, -0.2) is 26.8 Å². The highest BCUT2D eigenvalue weighted by atomic mass is 79.9. The van der Waals surface area contributed by atoms with Crippen LogP contribution in [0.2, 0.25) is 0 Å². The number of ether oxygens (including phenoxy) is 2. The third-order valence-corrected chi connectivity index (χ3v) is 5.40. The molecular formula is C19H23BrN2O2. The number of rotatable bonds is 6. The Hall–Kier alpha value is -1.56. The summed E-state index contributed by atoms with van der Waals surface area (Å²) in [5.41, 5.74) is 2.40. The fraction of sp³-hybridized carbons (Fsp3) is 0.368. The lowest BCUT2D eigenvalue weighted by Crippen LogP contribution is -2.34. The molecule has 1 saturated heterocycles. The monoisotopic (exact) mass is 390 g/mol. The number of hydrogen-bond donors (Lipinski definition) is 2. The minimum Gasteiger partial charge on any atom is -0.496 e. The van der Waals surface area contributed by atoms with Gasteiger partial charge in [0.05, 0.1) is 18.7 Å². The number of hydrogen-bond acceptors (Lipinski definition) is 4. The van der Waals surface area contributed by atoms with Crippen molar-refractivity contribution >= 4 is 15.9 Å². The summed E-state index contributed by atoms with van der Waals surface area (Å²) in [5, 5.41) is 7.28. The van der Waals surface area contributed by atoms with E-state index in [0.29, 0.717) is 12.1 Å². The molecule has 1 aliphatic heterocycles. The van der Waals surface area contributed by atoms with Gasteiger partial charge in [0.1, 0.15) is 11.5 Å². The van der Waals surface area contributed by atoms with Gasteiger partial charge in [0.2, 0.25) is 0 Å². The van der Waals surface area contributed by atoms with Crippen LogP contribution in [0.5, 0.6) is 11.5 Å². The second-order valence-corrected chi connectivity index (χ2v) is 6.67. The van der Waals surface area contributed by atoms with E-state index < -0.39 is 0 Å². The summed E-state index contributed by atoms with van der Waals surface area (Å²) in [5.74, 6) is 1.68. The van der Waals surface area contributed by atoms with E-state index in [2.05, 4.69) is 56.9 Å². The smallest absolute Gasteiger partial charge is 0.133 e. The van der Waals surface area contributed by atoms with Crippen molar-refractivity contribution in [2.75, 3.05) is 20.8 Å². The summed E-state index contributed by atoms with van der Waals surface area (Å²) in [4.78, 5) is 0. The van der Waals surface area contributed by atoms with Crippen molar-refractivity contribution in [3.63, 3.8) is 0 Å². The van der Waals surface area contributed by atoms with Crippen molar-refractivity contribution in [2.45, 2.75) is 25.0 Å². The van der Waals surface area contributed by atoms with Gasteiger partial charge in [-0.25, -0.2) is 0 Å². The van der Waals surface area contributed by atoms with E-state index in [0.717, 1.165) is 41.0 Å². The van der Waals surface area contributed by atoms with E-state index in [-0.39, 0.29) is 0 Å². The fourth-order valence-electron chi connectivity index (χ4n) is 3.26. The summed E-state index contributed by atoms with van der Waals surface area (Å²) >= 11 is 3.64. The molecule has 0 aromatic heterocycles. The van der Waals surface area contributed by atoms with Crippen LogP contribution in [0.1, 0.15) is 23.6 Å². The van der Waals surface area contributed by atoms with Gasteiger partial charge in [-0.3, -0.25) is 0 Å². The fourth-order valence-corrected chi connectivity index (χ4v) is 3.89. The van der Waals surface area contributed by atoms with E-state index >= 15 is 0 Å². The molecule has 2 N–H and O–H groups in total. The summed E-state index contributed by atoms with van der Waals surface area (Å²) in [6.45, 7) is 1.74. The van der Waals surface area contributed by atoms with E-state index in [9.17, 15) is 0 Å². The SMILES string of the molecule is COc1ccc(OC)c(CN[C@@H]2CCN[C@@H]2c2ccccc2)c1Br. The van der Waals surface area contributed by atoms with Gasteiger partial charge in [-0.15, -0.1) is 0 Å². The topological polar surface area (TPSA) is 42.5 Å². The lowest BCUT2D eigenvalue weighted by molar-refractivity contribution is 0.390. The Bertz CT molecular complexity index is 679. The Kier molecular flexibility index (Phi) is 5.76. The molecule has 0 saturated carbocycles. The molecule has 2 aromatic carbocycles. The normalized spacial score (nSPS) is 20.1. The summed E-state index contributed by atoms with van der Waals surface area (Å²) in [7, 11) is 3.37. The van der Waals surface area contributed by atoms with Gasteiger partial charge in [0, 0.05) is 24.2 Å². The Balaban J connectivity index is 1.76. The highest BCUT2D eigenvalue weighted by molar-refractivity contribution is 9.10. The van der Waals surface area contributed by atoms with E-state index in [1.54, 1.807) is 14.2 Å². The van der Waals surface area contributed by atoms with Crippen molar-refractivity contribution in [1.82, 2.24) is 10.6 Å². The molecule has 1 fully saturated rings. The van der Waals surface area contributed by atoms with Crippen LogP contribution in [0.3, 0.4) is 0 Å². The van der Waals surface area contributed by atoms with E-state index in [4.69, 9.17) is 9.47 Å². The highest BCUT2D eigenvalue weighted by Gasteiger charge is 2.28. The molecule has 0 unspecified atom stereocenters. The molecule has 0 radical (unpaired) electrons. The van der Waals surface area contributed by atoms with Gasteiger partial charge >= 0.3 is 0 Å². The third kappa shape index (κ3) is 3.58. The molecule has 128 valence electrons. The Morgan fingerprint density at radius 1 is 1.08 bits per heavy atom.